The highest BCUT2D eigenvalue weighted by molar-refractivity contribution is 5.83. The second kappa shape index (κ2) is 8.30. The largest absolute Gasteiger partial charge is 0.391 e. The molecule has 5 heteroatoms. The molecule has 5 nitrogen and oxygen atoms in total. The number of piperazine rings is 1. The molecule has 3 atom stereocenters. The molecular formula is C20H31N3O2. The normalized spacial score (nSPS) is 26.2. The summed E-state index contributed by atoms with van der Waals surface area (Å²) in [7, 11) is 2.01. The molecule has 1 aromatic rings. The molecule has 1 heterocycles. The summed E-state index contributed by atoms with van der Waals surface area (Å²) >= 11 is 0. The van der Waals surface area contributed by atoms with E-state index in [1.165, 1.54) is 0 Å². The van der Waals surface area contributed by atoms with Crippen LogP contribution in [0.3, 0.4) is 0 Å². The van der Waals surface area contributed by atoms with Gasteiger partial charge in [-0.1, -0.05) is 37.3 Å². The van der Waals surface area contributed by atoms with E-state index in [0.717, 1.165) is 57.5 Å². The molecule has 3 rings (SSSR count). The number of carbonyl (C=O) groups excluding carboxylic acids is 1. The molecule has 0 bridgehead atoms. The molecule has 138 valence electrons. The number of amides is 1. The second-order valence-electron chi connectivity index (χ2n) is 7.31. The molecule has 1 aromatic carbocycles. The highest BCUT2D eigenvalue weighted by Gasteiger charge is 2.35. The van der Waals surface area contributed by atoms with Crippen molar-refractivity contribution in [2.75, 3.05) is 39.8 Å². The molecule has 0 spiro atoms. The van der Waals surface area contributed by atoms with Gasteiger partial charge in [-0.2, -0.15) is 0 Å². The maximum absolute atomic E-state index is 13.2. The quantitative estimate of drug-likeness (QED) is 0.883. The molecule has 1 N–H and O–H groups in total. The van der Waals surface area contributed by atoms with Crippen LogP contribution < -0.4 is 0 Å². The summed E-state index contributed by atoms with van der Waals surface area (Å²) < 4.78 is 0. The average molecular weight is 345 g/mol. The van der Waals surface area contributed by atoms with Gasteiger partial charge in [0.2, 0.25) is 5.91 Å². The fraction of sp³-hybridized carbons (Fsp3) is 0.650. The number of rotatable bonds is 5. The molecule has 0 aromatic heterocycles. The van der Waals surface area contributed by atoms with E-state index < -0.39 is 0 Å². The molecule has 1 saturated heterocycles. The summed E-state index contributed by atoms with van der Waals surface area (Å²) in [5.41, 5.74) is 1.06. The Morgan fingerprint density at radius 1 is 1.20 bits per heavy atom. The topological polar surface area (TPSA) is 47.0 Å². The minimum Gasteiger partial charge on any atom is -0.391 e. The van der Waals surface area contributed by atoms with Crippen molar-refractivity contribution in [3.63, 3.8) is 0 Å². The van der Waals surface area contributed by atoms with E-state index in [4.69, 9.17) is 0 Å². The number of aliphatic hydroxyl groups excluding tert-OH is 1. The maximum Gasteiger partial charge on any atom is 0.244 e. The lowest BCUT2D eigenvalue weighted by Crippen LogP contribution is -2.55. The van der Waals surface area contributed by atoms with Gasteiger partial charge in [0, 0.05) is 32.2 Å². The summed E-state index contributed by atoms with van der Waals surface area (Å²) in [5.74, 6) is 0.196. The highest BCUT2D eigenvalue weighted by atomic mass is 16.3. The van der Waals surface area contributed by atoms with E-state index in [9.17, 15) is 9.90 Å². The van der Waals surface area contributed by atoms with Crippen molar-refractivity contribution in [1.82, 2.24) is 14.7 Å². The van der Waals surface area contributed by atoms with Gasteiger partial charge >= 0.3 is 0 Å². The van der Waals surface area contributed by atoms with E-state index in [0.29, 0.717) is 6.04 Å². The maximum atomic E-state index is 13.2. The fourth-order valence-corrected chi connectivity index (χ4v) is 4.20. The molecule has 1 amide bonds. The number of carbonyl (C=O) groups is 1. The molecular weight excluding hydrogens is 314 g/mol. The number of hydrogen-bond donors (Lipinski definition) is 1. The molecule has 0 unspecified atom stereocenters. The first-order chi connectivity index (χ1) is 12.1. The van der Waals surface area contributed by atoms with Gasteiger partial charge in [-0.25, -0.2) is 0 Å². The van der Waals surface area contributed by atoms with Crippen LogP contribution in [0.1, 0.15) is 37.8 Å². The third-order valence-electron chi connectivity index (χ3n) is 5.83. The van der Waals surface area contributed by atoms with Gasteiger partial charge in [-0.15, -0.1) is 0 Å². The number of benzene rings is 1. The molecule has 1 saturated carbocycles. The minimum absolute atomic E-state index is 0.189. The van der Waals surface area contributed by atoms with Crippen molar-refractivity contribution >= 4 is 5.91 Å². The van der Waals surface area contributed by atoms with Crippen LogP contribution in [-0.4, -0.2) is 77.6 Å². The number of nitrogens with zero attached hydrogens (tertiary/aromatic N) is 3. The molecule has 2 fully saturated rings. The van der Waals surface area contributed by atoms with Crippen molar-refractivity contribution in [1.29, 1.82) is 0 Å². The SMILES string of the molecule is CCN(C)[C@H](C(=O)N1CCN([C@H]2CCC[C@@H]2O)CC1)c1ccccc1. The van der Waals surface area contributed by atoms with Crippen molar-refractivity contribution in [3.8, 4) is 0 Å². The Balaban J connectivity index is 1.65. The van der Waals surface area contributed by atoms with Crippen molar-refractivity contribution in [3.05, 3.63) is 35.9 Å². The molecule has 25 heavy (non-hydrogen) atoms. The molecule has 0 radical (unpaired) electrons. The van der Waals surface area contributed by atoms with Gasteiger partial charge in [-0.05, 0) is 38.4 Å². The zero-order valence-electron chi connectivity index (χ0n) is 15.5. The lowest BCUT2D eigenvalue weighted by atomic mass is 10.0. The Bertz CT molecular complexity index is 557. The average Bonchev–Trinajstić information content (AvgIpc) is 3.08. The van der Waals surface area contributed by atoms with E-state index in [2.05, 4.69) is 16.7 Å². The van der Waals surface area contributed by atoms with Gasteiger partial charge in [-0.3, -0.25) is 14.6 Å². The predicted molar refractivity (Wildman–Crippen MR) is 99.3 cm³/mol. The molecule has 2 aliphatic rings. The highest BCUT2D eigenvalue weighted by Crippen LogP contribution is 2.27. The molecule has 1 aliphatic carbocycles. The van der Waals surface area contributed by atoms with Crippen LogP contribution in [0.5, 0.6) is 0 Å². The van der Waals surface area contributed by atoms with Crippen LogP contribution in [-0.2, 0) is 4.79 Å². The van der Waals surface area contributed by atoms with Gasteiger partial charge in [0.1, 0.15) is 6.04 Å². The first-order valence-corrected chi connectivity index (χ1v) is 9.58. The zero-order valence-corrected chi connectivity index (χ0v) is 15.5. The fourth-order valence-electron chi connectivity index (χ4n) is 4.20. The zero-order chi connectivity index (χ0) is 17.8. The Morgan fingerprint density at radius 2 is 1.88 bits per heavy atom. The summed E-state index contributed by atoms with van der Waals surface area (Å²) in [6.45, 7) is 6.16. The van der Waals surface area contributed by atoms with Crippen LogP contribution in [0, 0.1) is 0 Å². The molecule has 1 aliphatic heterocycles. The van der Waals surface area contributed by atoms with Gasteiger partial charge in [0.25, 0.3) is 0 Å². The third-order valence-corrected chi connectivity index (χ3v) is 5.83. The minimum atomic E-state index is -0.213. The van der Waals surface area contributed by atoms with Gasteiger partial charge in [0.05, 0.1) is 6.10 Å². The third kappa shape index (κ3) is 4.05. The Hall–Kier alpha value is -1.43. The Kier molecular flexibility index (Phi) is 6.10. The standard InChI is InChI=1S/C20H31N3O2/c1-3-21(2)19(16-8-5-4-6-9-16)20(25)23-14-12-22(13-15-23)17-10-7-11-18(17)24/h4-6,8-9,17-19,24H,3,7,10-15H2,1-2H3/t17-,18-,19-/m0/s1. The summed E-state index contributed by atoms with van der Waals surface area (Å²) in [6.07, 6.45) is 2.93. The monoisotopic (exact) mass is 345 g/mol. The van der Waals surface area contributed by atoms with Crippen LogP contribution in [0.15, 0.2) is 30.3 Å². The first kappa shape index (κ1) is 18.4. The summed E-state index contributed by atoms with van der Waals surface area (Å²) in [6, 6.07) is 10.1. The first-order valence-electron chi connectivity index (χ1n) is 9.58. The van der Waals surface area contributed by atoms with Crippen molar-refractivity contribution in [2.45, 2.75) is 44.4 Å². The van der Waals surface area contributed by atoms with Crippen molar-refractivity contribution < 1.29 is 9.90 Å². The smallest absolute Gasteiger partial charge is 0.244 e. The predicted octanol–water partition coefficient (Wildman–Crippen LogP) is 1.74. The van der Waals surface area contributed by atoms with E-state index in [-0.39, 0.29) is 18.1 Å². The van der Waals surface area contributed by atoms with Crippen LogP contribution in [0.25, 0.3) is 0 Å². The summed E-state index contributed by atoms with van der Waals surface area (Å²) in [5, 5.41) is 10.1. The van der Waals surface area contributed by atoms with Crippen LogP contribution in [0.4, 0.5) is 0 Å². The van der Waals surface area contributed by atoms with Gasteiger partial charge < -0.3 is 10.0 Å². The number of aliphatic hydroxyl groups is 1. The Morgan fingerprint density at radius 3 is 2.44 bits per heavy atom. The van der Waals surface area contributed by atoms with Gasteiger partial charge in [0.15, 0.2) is 0 Å². The van der Waals surface area contributed by atoms with Crippen LogP contribution in [0.2, 0.25) is 0 Å². The lowest BCUT2D eigenvalue weighted by Gasteiger charge is -2.41. The van der Waals surface area contributed by atoms with E-state index in [1.54, 1.807) is 0 Å². The number of hydrogen-bond acceptors (Lipinski definition) is 4. The second-order valence-corrected chi connectivity index (χ2v) is 7.31. The van der Waals surface area contributed by atoms with Crippen molar-refractivity contribution in [2.24, 2.45) is 0 Å². The summed E-state index contributed by atoms with van der Waals surface area (Å²) in [4.78, 5) is 19.7. The lowest BCUT2D eigenvalue weighted by molar-refractivity contribution is -0.139. The van der Waals surface area contributed by atoms with Crippen LogP contribution >= 0.6 is 0 Å². The Labute approximate surface area is 151 Å². The van der Waals surface area contributed by atoms with E-state index in [1.807, 2.05) is 42.3 Å². The number of likely N-dealkylation sites (N-methyl/N-ethyl adjacent to an activating group) is 1. The van der Waals surface area contributed by atoms with E-state index >= 15 is 0 Å².